The van der Waals surface area contributed by atoms with Crippen LogP contribution in [0.4, 0.5) is 0 Å². The number of carbonyl (C=O) groups is 1. The number of pyridine rings is 1. The molecule has 1 aromatic heterocycles. The smallest absolute Gasteiger partial charge is 0.271 e. The van der Waals surface area contributed by atoms with Crippen molar-refractivity contribution in [2.75, 3.05) is 6.54 Å². The van der Waals surface area contributed by atoms with Gasteiger partial charge >= 0.3 is 0 Å². The second kappa shape index (κ2) is 6.82. The topological polar surface area (TPSA) is 42.0 Å². The summed E-state index contributed by atoms with van der Waals surface area (Å²) >= 11 is 6.87. The Hall–Kier alpha value is -1.20. The summed E-state index contributed by atoms with van der Waals surface area (Å²) in [6.45, 7) is 0.506. The largest absolute Gasteiger partial charge is 0.349 e. The molecule has 0 saturated carbocycles. The minimum absolute atomic E-state index is 0.0835. The molecule has 98 valence electrons. The van der Waals surface area contributed by atoms with Gasteiger partial charge in [0, 0.05) is 17.2 Å². The van der Waals surface area contributed by atoms with E-state index in [4.69, 9.17) is 0 Å². The number of benzene rings is 1. The minimum Gasteiger partial charge on any atom is -0.349 e. The van der Waals surface area contributed by atoms with Gasteiger partial charge in [-0.05, 0) is 33.6 Å². The number of carbonyl (C=O) groups excluding carboxylic acids is 1. The minimum atomic E-state index is -0.187. The molecule has 3 nitrogen and oxygen atoms in total. The van der Waals surface area contributed by atoms with Gasteiger partial charge in [0.15, 0.2) is 0 Å². The zero-order valence-electron chi connectivity index (χ0n) is 10.0. The van der Waals surface area contributed by atoms with Gasteiger partial charge in [0.05, 0.1) is 4.83 Å². The van der Waals surface area contributed by atoms with E-state index in [0.29, 0.717) is 16.7 Å². The fraction of sp³-hybridized carbons (Fsp3) is 0.143. The maximum absolute atomic E-state index is 12.0. The molecular formula is C14H12Br2N2O. The molecule has 1 amide bonds. The van der Waals surface area contributed by atoms with Crippen molar-refractivity contribution in [2.45, 2.75) is 4.83 Å². The lowest BCUT2D eigenvalue weighted by Gasteiger charge is -2.11. The van der Waals surface area contributed by atoms with Crippen LogP contribution in [0.25, 0.3) is 0 Å². The van der Waals surface area contributed by atoms with Gasteiger partial charge in [-0.2, -0.15) is 0 Å². The van der Waals surface area contributed by atoms with E-state index in [0.717, 1.165) is 5.56 Å². The maximum Gasteiger partial charge on any atom is 0.271 e. The molecule has 1 unspecified atom stereocenters. The Balaban J connectivity index is 1.96. The standard InChI is InChI=1S/C14H12Br2N2O/c15-11-7-4-8-17-13(11)14(19)18-9-12(16)10-5-2-1-3-6-10/h1-8,12H,9H2,(H,18,19). The predicted octanol–water partition coefficient (Wildman–Crippen LogP) is 3.71. The summed E-state index contributed by atoms with van der Waals surface area (Å²) in [5.41, 5.74) is 1.53. The molecule has 19 heavy (non-hydrogen) atoms. The molecule has 0 aliphatic carbocycles. The van der Waals surface area contributed by atoms with Crippen molar-refractivity contribution in [3.63, 3.8) is 0 Å². The summed E-state index contributed by atoms with van der Waals surface area (Å²) in [7, 11) is 0. The van der Waals surface area contributed by atoms with Gasteiger partial charge in [-0.25, -0.2) is 4.98 Å². The molecule has 1 N–H and O–H groups in total. The fourth-order valence-corrected chi connectivity index (χ4v) is 2.50. The lowest BCUT2D eigenvalue weighted by Crippen LogP contribution is -2.27. The Morgan fingerprint density at radius 1 is 1.21 bits per heavy atom. The van der Waals surface area contributed by atoms with Crippen molar-refractivity contribution < 1.29 is 4.79 Å². The monoisotopic (exact) mass is 382 g/mol. The van der Waals surface area contributed by atoms with Crippen LogP contribution < -0.4 is 5.32 Å². The second-order valence-corrected chi connectivity index (χ2v) is 5.88. The molecule has 2 aromatic rings. The highest BCUT2D eigenvalue weighted by Gasteiger charge is 2.13. The first-order valence-corrected chi connectivity index (χ1v) is 7.47. The van der Waals surface area contributed by atoms with Crippen molar-refractivity contribution in [1.82, 2.24) is 10.3 Å². The highest BCUT2D eigenvalue weighted by Crippen LogP contribution is 2.21. The van der Waals surface area contributed by atoms with Crippen LogP contribution in [-0.2, 0) is 0 Å². The van der Waals surface area contributed by atoms with Crippen molar-refractivity contribution >= 4 is 37.8 Å². The van der Waals surface area contributed by atoms with Gasteiger partial charge in [-0.1, -0.05) is 46.3 Å². The zero-order valence-corrected chi connectivity index (χ0v) is 13.2. The van der Waals surface area contributed by atoms with E-state index in [9.17, 15) is 4.79 Å². The Bertz CT molecular complexity index is 560. The Morgan fingerprint density at radius 2 is 1.95 bits per heavy atom. The molecular weight excluding hydrogens is 372 g/mol. The van der Waals surface area contributed by atoms with Gasteiger partial charge in [-0.3, -0.25) is 4.79 Å². The lowest BCUT2D eigenvalue weighted by atomic mass is 10.1. The van der Waals surface area contributed by atoms with Crippen molar-refractivity contribution in [2.24, 2.45) is 0 Å². The number of hydrogen-bond acceptors (Lipinski definition) is 2. The molecule has 0 spiro atoms. The van der Waals surface area contributed by atoms with Crippen LogP contribution in [0.2, 0.25) is 0 Å². The average Bonchev–Trinajstić information content (AvgIpc) is 2.46. The van der Waals surface area contributed by atoms with Crippen molar-refractivity contribution in [3.8, 4) is 0 Å². The highest BCUT2D eigenvalue weighted by atomic mass is 79.9. The molecule has 1 heterocycles. The molecule has 0 saturated heterocycles. The zero-order chi connectivity index (χ0) is 13.7. The second-order valence-electron chi connectivity index (χ2n) is 3.92. The number of aromatic nitrogens is 1. The summed E-state index contributed by atoms with van der Waals surface area (Å²) < 4.78 is 0.693. The van der Waals surface area contributed by atoms with Gasteiger partial charge in [0.2, 0.25) is 0 Å². The molecule has 1 aromatic carbocycles. The lowest BCUT2D eigenvalue weighted by molar-refractivity contribution is 0.0948. The van der Waals surface area contributed by atoms with Gasteiger partial charge in [0.25, 0.3) is 5.91 Å². The van der Waals surface area contributed by atoms with Crippen LogP contribution in [-0.4, -0.2) is 17.4 Å². The normalized spacial score (nSPS) is 11.9. The van der Waals surface area contributed by atoms with Crippen molar-refractivity contribution in [1.29, 1.82) is 0 Å². The quantitative estimate of drug-likeness (QED) is 0.817. The molecule has 0 aliphatic heterocycles. The molecule has 0 bridgehead atoms. The van der Waals surface area contributed by atoms with E-state index < -0.39 is 0 Å². The molecule has 1 atom stereocenters. The first-order chi connectivity index (χ1) is 9.18. The Morgan fingerprint density at radius 3 is 2.63 bits per heavy atom. The molecule has 0 fully saturated rings. The Kier molecular flexibility index (Phi) is 5.10. The fourth-order valence-electron chi connectivity index (χ4n) is 1.60. The van der Waals surface area contributed by atoms with E-state index in [1.54, 1.807) is 18.3 Å². The Labute approximate surface area is 128 Å². The van der Waals surface area contributed by atoms with Crippen LogP contribution in [0.1, 0.15) is 20.9 Å². The van der Waals surface area contributed by atoms with Gasteiger partial charge < -0.3 is 5.32 Å². The number of hydrogen-bond donors (Lipinski definition) is 1. The summed E-state index contributed by atoms with van der Waals surface area (Å²) in [6, 6.07) is 13.5. The first kappa shape index (κ1) is 14.2. The predicted molar refractivity (Wildman–Crippen MR) is 82.4 cm³/mol. The number of nitrogens with one attached hydrogen (secondary N) is 1. The van der Waals surface area contributed by atoms with Crippen LogP contribution >= 0.6 is 31.9 Å². The van der Waals surface area contributed by atoms with Crippen molar-refractivity contribution in [3.05, 3.63) is 64.4 Å². The van der Waals surface area contributed by atoms with E-state index in [1.165, 1.54) is 0 Å². The third-order valence-corrected chi connectivity index (χ3v) is 4.07. The van der Waals surface area contributed by atoms with E-state index in [1.807, 2.05) is 30.3 Å². The molecule has 0 radical (unpaired) electrons. The first-order valence-electron chi connectivity index (χ1n) is 5.76. The van der Waals surface area contributed by atoms with Crippen LogP contribution in [0.3, 0.4) is 0 Å². The van der Waals surface area contributed by atoms with Gasteiger partial charge in [-0.15, -0.1) is 0 Å². The average molecular weight is 384 g/mol. The third kappa shape index (κ3) is 3.88. The van der Waals surface area contributed by atoms with Crippen LogP contribution in [0.15, 0.2) is 53.1 Å². The van der Waals surface area contributed by atoms with E-state index >= 15 is 0 Å². The van der Waals surface area contributed by atoms with Gasteiger partial charge in [0.1, 0.15) is 5.69 Å². The summed E-state index contributed by atoms with van der Waals surface area (Å²) in [4.78, 5) is 16.1. The number of halogens is 2. The number of rotatable bonds is 4. The summed E-state index contributed by atoms with van der Waals surface area (Å²) in [6.07, 6.45) is 1.60. The SMILES string of the molecule is O=C(NCC(Br)c1ccccc1)c1ncccc1Br. The number of alkyl halides is 1. The van der Waals surface area contributed by atoms with Crippen LogP contribution in [0, 0.1) is 0 Å². The highest BCUT2D eigenvalue weighted by molar-refractivity contribution is 9.10. The molecule has 2 rings (SSSR count). The summed E-state index contributed by atoms with van der Waals surface area (Å²) in [5, 5.41) is 2.86. The third-order valence-electron chi connectivity index (χ3n) is 2.58. The van der Waals surface area contributed by atoms with Crippen LogP contribution in [0.5, 0.6) is 0 Å². The molecule has 5 heteroatoms. The maximum atomic E-state index is 12.0. The summed E-state index contributed by atoms with van der Waals surface area (Å²) in [5.74, 6) is -0.187. The van der Waals surface area contributed by atoms with E-state index in [2.05, 4.69) is 42.2 Å². The number of amides is 1. The number of nitrogens with zero attached hydrogens (tertiary/aromatic N) is 1. The molecule has 0 aliphatic rings. The van der Waals surface area contributed by atoms with E-state index in [-0.39, 0.29) is 10.7 Å².